The molecule has 2 rings (SSSR count). The van der Waals surface area contributed by atoms with Crippen LogP contribution in [0.2, 0.25) is 0 Å². The molecular formula is C9H13ClN2O3S. The third kappa shape index (κ3) is 2.23. The summed E-state index contributed by atoms with van der Waals surface area (Å²) in [5.74, 6) is 0.731. The van der Waals surface area contributed by atoms with Crippen LogP contribution in [0, 0.1) is 0 Å². The van der Waals surface area contributed by atoms with Gasteiger partial charge in [-0.3, -0.25) is 0 Å². The smallest absolute Gasteiger partial charge is 0.280 e. The number of hydrogen-bond donors (Lipinski definition) is 0. The molecule has 1 aliphatic heterocycles. The first-order valence-electron chi connectivity index (χ1n) is 5.12. The normalized spacial score (nSPS) is 21.5. The summed E-state index contributed by atoms with van der Waals surface area (Å²) < 4.78 is 29.5. The van der Waals surface area contributed by atoms with Gasteiger partial charge in [-0.25, -0.2) is 13.4 Å². The molecule has 0 bridgehead atoms. The molecule has 7 heteroatoms. The minimum absolute atomic E-state index is 0.0714. The zero-order chi connectivity index (χ0) is 11.8. The van der Waals surface area contributed by atoms with Gasteiger partial charge in [0.05, 0.1) is 12.6 Å². The van der Waals surface area contributed by atoms with Gasteiger partial charge < -0.3 is 9.30 Å². The van der Waals surface area contributed by atoms with Crippen LogP contribution in [0.3, 0.4) is 0 Å². The SMILES string of the molecule is CCc1nc(S(=O)(=O)Cl)cn1C1CCOC1. The Balaban J connectivity index is 2.40. The van der Waals surface area contributed by atoms with Gasteiger partial charge in [0.2, 0.25) is 0 Å². The second kappa shape index (κ2) is 4.35. The van der Waals surface area contributed by atoms with E-state index in [-0.39, 0.29) is 11.1 Å². The predicted molar refractivity (Wildman–Crippen MR) is 59.1 cm³/mol. The van der Waals surface area contributed by atoms with E-state index in [2.05, 4.69) is 4.98 Å². The fourth-order valence-electron chi connectivity index (χ4n) is 1.84. The Bertz CT molecular complexity index is 477. The molecule has 1 aliphatic rings. The van der Waals surface area contributed by atoms with Crippen molar-refractivity contribution in [3.8, 4) is 0 Å². The van der Waals surface area contributed by atoms with Gasteiger partial charge in [0, 0.05) is 29.9 Å². The number of imidazole rings is 1. The molecule has 1 aromatic rings. The van der Waals surface area contributed by atoms with E-state index in [0.29, 0.717) is 19.6 Å². The Morgan fingerprint density at radius 3 is 2.94 bits per heavy atom. The highest BCUT2D eigenvalue weighted by Gasteiger charge is 2.24. The number of aryl methyl sites for hydroxylation is 1. The monoisotopic (exact) mass is 264 g/mol. The third-order valence-electron chi connectivity index (χ3n) is 2.65. The number of hydrogen-bond acceptors (Lipinski definition) is 4. The summed E-state index contributed by atoms with van der Waals surface area (Å²) in [6.45, 7) is 3.24. The van der Waals surface area contributed by atoms with Gasteiger partial charge in [-0.15, -0.1) is 0 Å². The van der Waals surface area contributed by atoms with Gasteiger partial charge in [-0.2, -0.15) is 0 Å². The average Bonchev–Trinajstić information content (AvgIpc) is 2.85. The Morgan fingerprint density at radius 2 is 2.44 bits per heavy atom. The lowest BCUT2D eigenvalue weighted by atomic mass is 10.2. The number of ether oxygens (including phenoxy) is 1. The Kier molecular flexibility index (Phi) is 3.23. The maximum atomic E-state index is 11.2. The van der Waals surface area contributed by atoms with Crippen molar-refractivity contribution in [2.24, 2.45) is 0 Å². The number of rotatable bonds is 3. The zero-order valence-electron chi connectivity index (χ0n) is 8.89. The lowest BCUT2D eigenvalue weighted by Gasteiger charge is -2.11. The molecule has 1 unspecified atom stereocenters. The van der Waals surface area contributed by atoms with Crippen LogP contribution in [0.15, 0.2) is 11.2 Å². The van der Waals surface area contributed by atoms with Gasteiger partial charge in [-0.1, -0.05) is 6.92 Å². The molecule has 90 valence electrons. The summed E-state index contributed by atoms with van der Waals surface area (Å²) in [4.78, 5) is 4.03. The van der Waals surface area contributed by atoms with Gasteiger partial charge in [0.25, 0.3) is 9.05 Å². The standard InChI is InChI=1S/C9H13ClN2O3S/c1-2-8-11-9(16(10,13)14)5-12(8)7-3-4-15-6-7/h5,7H,2-4,6H2,1H3. The van der Waals surface area contributed by atoms with Crippen LogP contribution in [0.5, 0.6) is 0 Å². The van der Waals surface area contributed by atoms with Crippen LogP contribution >= 0.6 is 10.7 Å². The van der Waals surface area contributed by atoms with E-state index in [1.54, 1.807) is 0 Å². The molecule has 0 spiro atoms. The maximum Gasteiger partial charge on any atom is 0.280 e. The highest BCUT2D eigenvalue weighted by molar-refractivity contribution is 8.13. The Morgan fingerprint density at radius 1 is 1.69 bits per heavy atom. The van der Waals surface area contributed by atoms with E-state index in [1.165, 1.54) is 6.20 Å². The van der Waals surface area contributed by atoms with Crippen molar-refractivity contribution in [2.75, 3.05) is 13.2 Å². The minimum atomic E-state index is -3.74. The van der Waals surface area contributed by atoms with Crippen molar-refractivity contribution in [3.05, 3.63) is 12.0 Å². The lowest BCUT2D eigenvalue weighted by Crippen LogP contribution is -2.10. The molecule has 1 fully saturated rings. The van der Waals surface area contributed by atoms with Crippen LogP contribution < -0.4 is 0 Å². The van der Waals surface area contributed by atoms with E-state index in [9.17, 15) is 8.42 Å². The lowest BCUT2D eigenvalue weighted by molar-refractivity contribution is 0.186. The maximum absolute atomic E-state index is 11.2. The molecule has 5 nitrogen and oxygen atoms in total. The van der Waals surface area contributed by atoms with Gasteiger partial charge in [-0.05, 0) is 6.42 Å². The molecule has 0 amide bonds. The van der Waals surface area contributed by atoms with Crippen LogP contribution in [-0.4, -0.2) is 31.2 Å². The third-order valence-corrected chi connectivity index (χ3v) is 3.82. The van der Waals surface area contributed by atoms with E-state index < -0.39 is 9.05 Å². The summed E-state index contributed by atoms with van der Waals surface area (Å²) in [6.07, 6.45) is 3.05. The van der Waals surface area contributed by atoms with Crippen LogP contribution in [0.25, 0.3) is 0 Å². The number of halogens is 1. The van der Waals surface area contributed by atoms with Crippen molar-refractivity contribution in [1.29, 1.82) is 0 Å². The topological polar surface area (TPSA) is 61.2 Å². The molecule has 0 radical (unpaired) electrons. The van der Waals surface area contributed by atoms with Crippen molar-refractivity contribution < 1.29 is 13.2 Å². The second-order valence-electron chi connectivity index (χ2n) is 3.71. The fraction of sp³-hybridized carbons (Fsp3) is 0.667. The molecule has 0 saturated carbocycles. The van der Waals surface area contributed by atoms with Crippen molar-refractivity contribution in [3.63, 3.8) is 0 Å². The Labute approximate surface area is 98.8 Å². The summed E-state index contributed by atoms with van der Waals surface area (Å²) >= 11 is 0. The van der Waals surface area contributed by atoms with E-state index in [0.717, 1.165) is 12.2 Å². The summed E-state index contributed by atoms with van der Waals surface area (Å²) in [5, 5.41) is -0.0714. The first-order chi connectivity index (χ1) is 7.52. The van der Waals surface area contributed by atoms with E-state index in [4.69, 9.17) is 15.4 Å². The molecule has 16 heavy (non-hydrogen) atoms. The molecule has 0 aromatic carbocycles. The molecular weight excluding hydrogens is 252 g/mol. The number of nitrogens with zero attached hydrogens (tertiary/aromatic N) is 2. The molecule has 1 saturated heterocycles. The molecule has 0 aliphatic carbocycles. The molecule has 0 N–H and O–H groups in total. The van der Waals surface area contributed by atoms with Crippen LogP contribution in [0.1, 0.15) is 25.2 Å². The number of aromatic nitrogens is 2. The minimum Gasteiger partial charge on any atom is -0.379 e. The molecule has 1 aromatic heterocycles. The summed E-state index contributed by atoms with van der Waals surface area (Å²) in [6, 6.07) is 0.176. The van der Waals surface area contributed by atoms with Crippen LogP contribution in [-0.2, 0) is 20.2 Å². The van der Waals surface area contributed by atoms with Gasteiger partial charge in [0.1, 0.15) is 5.82 Å². The summed E-state index contributed by atoms with van der Waals surface area (Å²) in [7, 11) is 1.53. The first-order valence-corrected chi connectivity index (χ1v) is 7.43. The zero-order valence-corrected chi connectivity index (χ0v) is 10.5. The molecule has 1 atom stereocenters. The van der Waals surface area contributed by atoms with Crippen molar-refractivity contribution >= 4 is 19.7 Å². The van der Waals surface area contributed by atoms with Gasteiger partial charge in [0.15, 0.2) is 5.03 Å². The van der Waals surface area contributed by atoms with Crippen LogP contribution in [0.4, 0.5) is 0 Å². The van der Waals surface area contributed by atoms with Crippen molar-refractivity contribution in [2.45, 2.75) is 30.8 Å². The molecule has 2 heterocycles. The van der Waals surface area contributed by atoms with Crippen molar-refractivity contribution in [1.82, 2.24) is 9.55 Å². The highest BCUT2D eigenvalue weighted by Crippen LogP contribution is 2.24. The quantitative estimate of drug-likeness (QED) is 0.773. The van der Waals surface area contributed by atoms with E-state index >= 15 is 0 Å². The Hall–Kier alpha value is -0.590. The van der Waals surface area contributed by atoms with Gasteiger partial charge >= 0.3 is 0 Å². The van der Waals surface area contributed by atoms with E-state index in [1.807, 2.05) is 11.5 Å². The predicted octanol–water partition coefficient (Wildman–Crippen LogP) is 1.33. The highest BCUT2D eigenvalue weighted by atomic mass is 35.7. The first kappa shape index (κ1) is 11.9. The fourth-order valence-corrected chi connectivity index (χ4v) is 2.52. The second-order valence-corrected chi connectivity index (χ2v) is 6.22. The summed E-state index contributed by atoms with van der Waals surface area (Å²) in [5.41, 5.74) is 0. The largest absolute Gasteiger partial charge is 0.379 e. The average molecular weight is 265 g/mol.